The van der Waals surface area contributed by atoms with E-state index in [9.17, 15) is 9.59 Å². The Morgan fingerprint density at radius 2 is 2.00 bits per heavy atom. The van der Waals surface area contributed by atoms with Crippen molar-refractivity contribution in [2.75, 3.05) is 30.0 Å². The minimum absolute atomic E-state index is 0.0121. The highest BCUT2D eigenvalue weighted by atomic mass is 35.5. The molecule has 0 unspecified atom stereocenters. The Labute approximate surface area is 162 Å². The third-order valence-electron chi connectivity index (χ3n) is 4.75. The molecule has 1 amide bonds. The lowest BCUT2D eigenvalue weighted by atomic mass is 10.1. The van der Waals surface area contributed by atoms with E-state index in [4.69, 9.17) is 21.1 Å². The van der Waals surface area contributed by atoms with Gasteiger partial charge in [0.05, 0.1) is 16.9 Å². The predicted molar refractivity (Wildman–Crippen MR) is 103 cm³/mol. The standard InChI is InChI=1S/C20H19ClN2O4/c21-14-4-6-15(7-5-14)26-10-11-27-20(25)13-3-8-17-16(12-13)22-19(24)18-2-1-9-23(17)18/h3-8,12,18H,1-2,9-11H2,(H,22,24)/t18-/m1/s1. The Morgan fingerprint density at radius 1 is 1.19 bits per heavy atom. The maximum Gasteiger partial charge on any atom is 0.338 e. The van der Waals surface area contributed by atoms with Crippen LogP contribution >= 0.6 is 11.6 Å². The molecule has 4 rings (SSSR count). The molecule has 0 aromatic heterocycles. The van der Waals surface area contributed by atoms with Crippen molar-refractivity contribution in [3.63, 3.8) is 0 Å². The first-order valence-electron chi connectivity index (χ1n) is 8.89. The summed E-state index contributed by atoms with van der Waals surface area (Å²) in [4.78, 5) is 26.6. The van der Waals surface area contributed by atoms with E-state index in [0.717, 1.165) is 25.1 Å². The van der Waals surface area contributed by atoms with Crippen LogP contribution in [0.15, 0.2) is 42.5 Å². The van der Waals surface area contributed by atoms with Gasteiger partial charge in [-0.25, -0.2) is 4.79 Å². The summed E-state index contributed by atoms with van der Waals surface area (Å²) in [6.07, 6.45) is 1.86. The van der Waals surface area contributed by atoms with Crippen LogP contribution in [0.3, 0.4) is 0 Å². The molecule has 6 nitrogen and oxygen atoms in total. The molecule has 2 heterocycles. The van der Waals surface area contributed by atoms with E-state index in [1.165, 1.54) is 0 Å². The van der Waals surface area contributed by atoms with Crippen LogP contribution in [0, 0.1) is 0 Å². The van der Waals surface area contributed by atoms with Gasteiger partial charge >= 0.3 is 5.97 Å². The summed E-state index contributed by atoms with van der Waals surface area (Å²) in [6, 6.07) is 12.1. The second-order valence-corrected chi connectivity index (χ2v) is 6.95. The molecule has 2 aromatic rings. The molecule has 1 fully saturated rings. The van der Waals surface area contributed by atoms with Crippen molar-refractivity contribution in [2.24, 2.45) is 0 Å². The zero-order valence-corrected chi connectivity index (χ0v) is 15.4. The van der Waals surface area contributed by atoms with Crippen LogP contribution in [0.2, 0.25) is 5.02 Å². The number of hydrogen-bond donors (Lipinski definition) is 1. The Balaban J connectivity index is 1.35. The van der Waals surface area contributed by atoms with Crippen molar-refractivity contribution < 1.29 is 19.1 Å². The number of halogens is 1. The van der Waals surface area contributed by atoms with Crippen LogP contribution in [0.5, 0.6) is 5.75 Å². The first kappa shape index (κ1) is 17.7. The maximum atomic E-state index is 12.3. The third kappa shape index (κ3) is 3.71. The lowest BCUT2D eigenvalue weighted by Crippen LogP contribution is -2.43. The van der Waals surface area contributed by atoms with E-state index in [0.29, 0.717) is 22.0 Å². The van der Waals surface area contributed by atoms with Crippen LogP contribution in [-0.4, -0.2) is 37.7 Å². The molecule has 0 aliphatic carbocycles. The quantitative estimate of drug-likeness (QED) is 0.629. The average molecular weight is 387 g/mol. The van der Waals surface area contributed by atoms with Crippen LogP contribution < -0.4 is 15.0 Å². The van der Waals surface area contributed by atoms with Crippen LogP contribution in [0.25, 0.3) is 0 Å². The molecule has 0 saturated carbocycles. The summed E-state index contributed by atoms with van der Waals surface area (Å²) in [6.45, 7) is 1.22. The van der Waals surface area contributed by atoms with Gasteiger partial charge in [-0.05, 0) is 55.3 Å². The molecule has 140 valence electrons. The third-order valence-corrected chi connectivity index (χ3v) is 5.01. The fourth-order valence-corrected chi connectivity index (χ4v) is 3.59. The Morgan fingerprint density at radius 3 is 2.81 bits per heavy atom. The fourth-order valence-electron chi connectivity index (χ4n) is 3.47. The summed E-state index contributed by atoms with van der Waals surface area (Å²) in [5.41, 5.74) is 2.02. The molecule has 1 atom stereocenters. The molecule has 27 heavy (non-hydrogen) atoms. The van der Waals surface area contributed by atoms with Crippen molar-refractivity contribution in [1.29, 1.82) is 0 Å². The summed E-state index contributed by atoms with van der Waals surface area (Å²) < 4.78 is 10.8. The number of benzene rings is 2. The van der Waals surface area contributed by atoms with Crippen molar-refractivity contribution in [3.8, 4) is 5.75 Å². The number of amides is 1. The van der Waals surface area contributed by atoms with Gasteiger partial charge in [-0.2, -0.15) is 0 Å². The Kier molecular flexibility index (Phi) is 4.90. The maximum absolute atomic E-state index is 12.3. The highest BCUT2D eigenvalue weighted by molar-refractivity contribution is 6.30. The van der Waals surface area contributed by atoms with E-state index in [2.05, 4.69) is 10.2 Å². The van der Waals surface area contributed by atoms with Gasteiger partial charge in [0.1, 0.15) is 25.0 Å². The van der Waals surface area contributed by atoms with Gasteiger partial charge in [-0.1, -0.05) is 11.6 Å². The summed E-state index contributed by atoms with van der Waals surface area (Å²) in [7, 11) is 0. The van der Waals surface area contributed by atoms with Gasteiger partial charge in [0.25, 0.3) is 0 Å². The van der Waals surface area contributed by atoms with Gasteiger partial charge in [-0.3, -0.25) is 4.79 Å². The zero-order chi connectivity index (χ0) is 18.8. The monoisotopic (exact) mass is 386 g/mol. The van der Waals surface area contributed by atoms with Crippen molar-refractivity contribution >= 4 is 34.9 Å². The van der Waals surface area contributed by atoms with Crippen LogP contribution in [-0.2, 0) is 9.53 Å². The van der Waals surface area contributed by atoms with Crippen molar-refractivity contribution in [3.05, 3.63) is 53.1 Å². The molecule has 1 saturated heterocycles. The fraction of sp³-hybridized carbons (Fsp3) is 0.300. The van der Waals surface area contributed by atoms with Crippen LogP contribution in [0.4, 0.5) is 11.4 Å². The molecule has 2 aromatic carbocycles. The molecule has 1 N–H and O–H groups in total. The van der Waals surface area contributed by atoms with Gasteiger partial charge in [-0.15, -0.1) is 0 Å². The van der Waals surface area contributed by atoms with E-state index >= 15 is 0 Å². The average Bonchev–Trinajstić information content (AvgIpc) is 3.17. The second kappa shape index (κ2) is 7.48. The number of ether oxygens (including phenoxy) is 2. The van der Waals surface area contributed by atoms with Crippen molar-refractivity contribution in [1.82, 2.24) is 0 Å². The lowest BCUT2D eigenvalue weighted by molar-refractivity contribution is -0.117. The second-order valence-electron chi connectivity index (χ2n) is 6.51. The number of hydrogen-bond acceptors (Lipinski definition) is 5. The van der Waals surface area contributed by atoms with E-state index in [-0.39, 0.29) is 25.2 Å². The number of nitrogens with zero attached hydrogens (tertiary/aromatic N) is 1. The largest absolute Gasteiger partial charge is 0.490 e. The molecule has 2 aliphatic rings. The smallest absolute Gasteiger partial charge is 0.338 e. The van der Waals surface area contributed by atoms with E-state index < -0.39 is 5.97 Å². The normalized spacial score (nSPS) is 17.7. The van der Waals surface area contributed by atoms with Gasteiger partial charge in [0.2, 0.25) is 5.91 Å². The highest BCUT2D eigenvalue weighted by Gasteiger charge is 2.36. The molecule has 2 aliphatic heterocycles. The molecule has 0 radical (unpaired) electrons. The van der Waals surface area contributed by atoms with Crippen LogP contribution in [0.1, 0.15) is 23.2 Å². The van der Waals surface area contributed by atoms with Gasteiger partial charge in [0, 0.05) is 11.6 Å². The predicted octanol–water partition coefficient (Wildman–Crippen LogP) is 3.50. The number of fused-ring (bicyclic) bond motifs is 3. The zero-order valence-electron chi connectivity index (χ0n) is 14.6. The number of rotatable bonds is 5. The Hall–Kier alpha value is -2.73. The topological polar surface area (TPSA) is 67.9 Å². The highest BCUT2D eigenvalue weighted by Crippen LogP contribution is 2.37. The molecular weight excluding hydrogens is 368 g/mol. The first-order valence-corrected chi connectivity index (χ1v) is 9.27. The number of anilines is 2. The van der Waals surface area contributed by atoms with E-state index in [1.54, 1.807) is 36.4 Å². The minimum Gasteiger partial charge on any atom is -0.490 e. The van der Waals surface area contributed by atoms with E-state index in [1.807, 2.05) is 6.07 Å². The van der Waals surface area contributed by atoms with Gasteiger partial charge < -0.3 is 19.7 Å². The number of carbonyl (C=O) groups excluding carboxylic acids is 2. The lowest BCUT2D eigenvalue weighted by Gasteiger charge is -2.33. The molecule has 0 spiro atoms. The summed E-state index contributed by atoms with van der Waals surface area (Å²) >= 11 is 5.82. The molecular formula is C20H19ClN2O4. The number of esters is 1. The number of carbonyl (C=O) groups is 2. The molecule has 7 heteroatoms. The first-order chi connectivity index (χ1) is 13.1. The summed E-state index contributed by atoms with van der Waals surface area (Å²) in [5, 5.41) is 3.53. The summed E-state index contributed by atoms with van der Waals surface area (Å²) in [5.74, 6) is 0.198. The van der Waals surface area contributed by atoms with Crippen molar-refractivity contribution in [2.45, 2.75) is 18.9 Å². The SMILES string of the molecule is O=C(OCCOc1ccc(Cl)cc1)c1ccc2c(c1)NC(=O)[C@H]1CCCN21. The minimum atomic E-state index is -0.449. The number of nitrogens with one attached hydrogen (secondary N) is 1. The van der Waals surface area contributed by atoms with Gasteiger partial charge in [0.15, 0.2) is 0 Å². The molecule has 0 bridgehead atoms. The Bertz CT molecular complexity index is 869.